The first-order valence-corrected chi connectivity index (χ1v) is 14.4. The number of rotatable bonds is 8. The Kier molecular flexibility index (Phi) is 8.77. The van der Waals surface area contributed by atoms with E-state index in [0.29, 0.717) is 18.0 Å². The quantitative estimate of drug-likeness (QED) is 0.546. The van der Waals surface area contributed by atoms with Crippen molar-refractivity contribution in [1.82, 2.24) is 15.0 Å². The predicted octanol–water partition coefficient (Wildman–Crippen LogP) is 4.22. The molecule has 3 rings (SSSR count). The lowest BCUT2D eigenvalue weighted by atomic mass is 9.91. The highest BCUT2D eigenvalue weighted by Crippen LogP contribution is 2.29. The van der Waals surface area contributed by atoms with E-state index in [1.165, 1.54) is 12.1 Å². The Bertz CT molecular complexity index is 1190. The average molecular weight is 519 g/mol. The molecule has 0 radical (unpaired) electrons. The van der Waals surface area contributed by atoms with Gasteiger partial charge in [-0.05, 0) is 43.4 Å². The topological polar surface area (TPSA) is 91.4 Å². The molecule has 0 aliphatic carbocycles. The van der Waals surface area contributed by atoms with Gasteiger partial charge in [0.1, 0.15) is 11.6 Å². The second-order valence-electron chi connectivity index (χ2n) is 11.0. The van der Waals surface area contributed by atoms with Gasteiger partial charge in [-0.1, -0.05) is 45.9 Å². The largest absolute Gasteiger partial charge is 0.356 e. The summed E-state index contributed by atoms with van der Waals surface area (Å²) in [6.07, 6.45) is 3.26. The van der Waals surface area contributed by atoms with E-state index in [4.69, 9.17) is 4.98 Å². The summed E-state index contributed by atoms with van der Waals surface area (Å²) in [7, 11) is -3.43. The summed E-state index contributed by atoms with van der Waals surface area (Å²) in [6.45, 7) is 12.5. The van der Waals surface area contributed by atoms with Gasteiger partial charge in [0.15, 0.2) is 0 Å². The molecule has 1 atom stereocenters. The van der Waals surface area contributed by atoms with Gasteiger partial charge in [0.25, 0.3) is 0 Å². The molecule has 2 N–H and O–H groups in total. The molecule has 1 aromatic heterocycles. The molecule has 9 heteroatoms. The molecule has 1 saturated heterocycles. The summed E-state index contributed by atoms with van der Waals surface area (Å²) in [4.78, 5) is 20.3. The first-order chi connectivity index (χ1) is 16.7. The maximum atomic E-state index is 14.5. The standard InChI is InChI=1S/C27H39FN4O3S/c1-18-11-13-32(14-12-18)25-22(9-10-24(31-25)27(3,4)5)16-29-26(33)19(2)20-7-8-21(23(28)15-20)17-30-36(6,34)35/h7-10,15,18-19,30H,11-14,16-17H2,1-6H3,(H,29,33). The van der Waals surface area contributed by atoms with Crippen LogP contribution in [0, 0.1) is 11.7 Å². The number of anilines is 1. The van der Waals surface area contributed by atoms with E-state index in [-0.39, 0.29) is 23.4 Å². The third-order valence-electron chi connectivity index (χ3n) is 6.76. The lowest BCUT2D eigenvalue weighted by molar-refractivity contribution is -0.122. The molecule has 2 aromatic rings. The fourth-order valence-corrected chi connectivity index (χ4v) is 4.62. The number of carbonyl (C=O) groups is 1. The SMILES string of the molecule is CC1CCN(c2nc(C(C)(C)C)ccc2CNC(=O)C(C)c2ccc(CNS(C)(=O)=O)c(F)c2)CC1. The zero-order chi connectivity index (χ0) is 26.7. The zero-order valence-corrected chi connectivity index (χ0v) is 23.0. The maximum Gasteiger partial charge on any atom is 0.227 e. The van der Waals surface area contributed by atoms with E-state index in [2.05, 4.69) is 48.7 Å². The molecule has 7 nitrogen and oxygen atoms in total. The lowest BCUT2D eigenvalue weighted by Crippen LogP contribution is -2.36. The number of amides is 1. The number of carbonyl (C=O) groups excluding carboxylic acids is 1. The Morgan fingerprint density at radius 2 is 1.78 bits per heavy atom. The number of benzene rings is 1. The molecule has 0 saturated carbocycles. The second kappa shape index (κ2) is 11.3. The molecule has 2 heterocycles. The maximum absolute atomic E-state index is 14.5. The van der Waals surface area contributed by atoms with Crippen LogP contribution in [0.25, 0.3) is 0 Å². The Morgan fingerprint density at radius 3 is 2.36 bits per heavy atom. The summed E-state index contributed by atoms with van der Waals surface area (Å²) in [5.41, 5.74) is 2.65. The van der Waals surface area contributed by atoms with Crippen LogP contribution in [-0.4, -0.2) is 38.7 Å². The van der Waals surface area contributed by atoms with E-state index in [0.717, 1.165) is 49.3 Å². The van der Waals surface area contributed by atoms with Gasteiger partial charge in [0, 0.05) is 48.4 Å². The number of nitrogens with one attached hydrogen (secondary N) is 2. The van der Waals surface area contributed by atoms with Crippen molar-refractivity contribution in [3.05, 3.63) is 58.5 Å². The van der Waals surface area contributed by atoms with Gasteiger partial charge in [0.05, 0.1) is 12.2 Å². The Balaban J connectivity index is 1.72. The molecule has 1 amide bonds. The summed E-state index contributed by atoms with van der Waals surface area (Å²) >= 11 is 0. The third kappa shape index (κ3) is 7.49. The summed E-state index contributed by atoms with van der Waals surface area (Å²) in [5, 5.41) is 3.00. The average Bonchev–Trinajstić information content (AvgIpc) is 2.80. The Morgan fingerprint density at radius 1 is 1.14 bits per heavy atom. The number of pyridine rings is 1. The fourth-order valence-electron chi connectivity index (χ4n) is 4.20. The molecule has 1 aliphatic heterocycles. The number of hydrogen-bond donors (Lipinski definition) is 2. The lowest BCUT2D eigenvalue weighted by Gasteiger charge is -2.33. The van der Waals surface area contributed by atoms with E-state index in [9.17, 15) is 17.6 Å². The number of nitrogens with zero attached hydrogens (tertiary/aromatic N) is 2. The van der Waals surface area contributed by atoms with Gasteiger partial charge in [-0.25, -0.2) is 22.5 Å². The molecule has 0 bridgehead atoms. The molecule has 1 fully saturated rings. The van der Waals surface area contributed by atoms with Crippen molar-refractivity contribution < 1.29 is 17.6 Å². The van der Waals surface area contributed by atoms with Gasteiger partial charge >= 0.3 is 0 Å². The number of sulfonamides is 1. The van der Waals surface area contributed by atoms with Gasteiger partial charge in [-0.15, -0.1) is 0 Å². The predicted molar refractivity (Wildman–Crippen MR) is 142 cm³/mol. The highest BCUT2D eigenvalue weighted by molar-refractivity contribution is 7.88. The second-order valence-corrected chi connectivity index (χ2v) is 12.8. The van der Waals surface area contributed by atoms with Crippen molar-refractivity contribution in [3.63, 3.8) is 0 Å². The minimum atomic E-state index is -3.43. The summed E-state index contributed by atoms with van der Waals surface area (Å²) in [6, 6.07) is 8.54. The van der Waals surface area contributed by atoms with Crippen molar-refractivity contribution in [1.29, 1.82) is 0 Å². The van der Waals surface area contributed by atoms with Crippen LogP contribution >= 0.6 is 0 Å². The van der Waals surface area contributed by atoms with Crippen molar-refractivity contribution in [2.24, 2.45) is 5.92 Å². The highest BCUT2D eigenvalue weighted by Gasteiger charge is 2.24. The zero-order valence-electron chi connectivity index (χ0n) is 22.2. The fraction of sp³-hybridized carbons (Fsp3) is 0.556. The van der Waals surface area contributed by atoms with E-state index in [1.54, 1.807) is 13.0 Å². The van der Waals surface area contributed by atoms with Crippen LogP contribution in [-0.2, 0) is 33.3 Å². The van der Waals surface area contributed by atoms with Crippen LogP contribution in [0.15, 0.2) is 30.3 Å². The van der Waals surface area contributed by atoms with E-state index >= 15 is 0 Å². The van der Waals surface area contributed by atoms with Crippen LogP contribution in [0.2, 0.25) is 0 Å². The number of piperidine rings is 1. The summed E-state index contributed by atoms with van der Waals surface area (Å²) in [5.74, 6) is 0.292. The van der Waals surface area contributed by atoms with Crippen LogP contribution in [0.1, 0.15) is 75.8 Å². The minimum absolute atomic E-state index is 0.0822. The van der Waals surface area contributed by atoms with Gasteiger partial charge in [0.2, 0.25) is 15.9 Å². The molecule has 1 aromatic carbocycles. The molecular formula is C27H39FN4O3S. The molecule has 36 heavy (non-hydrogen) atoms. The first-order valence-electron chi connectivity index (χ1n) is 12.5. The Labute approximate surface area is 214 Å². The smallest absolute Gasteiger partial charge is 0.227 e. The van der Waals surface area contributed by atoms with E-state index in [1.807, 2.05) is 6.07 Å². The molecule has 0 spiro atoms. The molecule has 198 valence electrons. The van der Waals surface area contributed by atoms with Gasteiger partial charge < -0.3 is 10.2 Å². The molecular weight excluding hydrogens is 479 g/mol. The molecule has 1 aliphatic rings. The van der Waals surface area contributed by atoms with Crippen LogP contribution < -0.4 is 14.9 Å². The van der Waals surface area contributed by atoms with Crippen molar-refractivity contribution in [2.45, 2.75) is 71.9 Å². The minimum Gasteiger partial charge on any atom is -0.356 e. The summed E-state index contributed by atoms with van der Waals surface area (Å²) < 4.78 is 39.4. The van der Waals surface area contributed by atoms with Crippen molar-refractivity contribution in [2.75, 3.05) is 24.2 Å². The van der Waals surface area contributed by atoms with Crippen molar-refractivity contribution in [3.8, 4) is 0 Å². The normalized spacial score (nSPS) is 16.1. The number of halogens is 1. The monoisotopic (exact) mass is 518 g/mol. The van der Waals surface area contributed by atoms with Gasteiger partial charge in [-0.2, -0.15) is 0 Å². The van der Waals surface area contributed by atoms with E-state index < -0.39 is 21.8 Å². The number of aromatic nitrogens is 1. The molecule has 1 unspecified atom stereocenters. The third-order valence-corrected chi connectivity index (χ3v) is 7.42. The van der Waals surface area contributed by atoms with Crippen LogP contribution in [0.3, 0.4) is 0 Å². The highest BCUT2D eigenvalue weighted by atomic mass is 32.2. The number of hydrogen-bond acceptors (Lipinski definition) is 5. The van der Waals surface area contributed by atoms with Crippen molar-refractivity contribution >= 4 is 21.7 Å². The van der Waals surface area contributed by atoms with Gasteiger partial charge in [-0.3, -0.25) is 4.79 Å². The van der Waals surface area contributed by atoms with Crippen LogP contribution in [0.4, 0.5) is 10.2 Å². The first kappa shape index (κ1) is 28.1. The van der Waals surface area contributed by atoms with Crippen LogP contribution in [0.5, 0.6) is 0 Å². The Hall–Kier alpha value is -2.52.